The van der Waals surface area contributed by atoms with Crippen LogP contribution in [0, 0.1) is 17.7 Å². The Morgan fingerprint density at radius 3 is 2.77 bits per heavy atom. The van der Waals surface area contributed by atoms with E-state index < -0.39 is 0 Å². The van der Waals surface area contributed by atoms with Gasteiger partial charge in [0.25, 0.3) is 0 Å². The summed E-state index contributed by atoms with van der Waals surface area (Å²) in [7, 11) is 0. The highest BCUT2D eigenvalue weighted by atomic mass is 35.5. The number of nitrogens with two attached hydrogens (primary N) is 1. The van der Waals surface area contributed by atoms with E-state index >= 15 is 0 Å². The minimum atomic E-state index is -0.297. The number of hydrogen-bond acceptors (Lipinski definition) is 2. The van der Waals surface area contributed by atoms with Gasteiger partial charge in [-0.15, -0.1) is 12.4 Å². The van der Waals surface area contributed by atoms with E-state index in [2.05, 4.69) is 5.32 Å². The highest BCUT2D eigenvalue weighted by Gasteiger charge is 2.32. The number of carbonyl (C=O) groups excluding carboxylic acids is 1. The monoisotopic (exact) mass is 328 g/mol. The third-order valence-electron chi connectivity index (χ3n) is 4.61. The van der Waals surface area contributed by atoms with Crippen LogP contribution in [-0.2, 0) is 10.2 Å². The van der Waals surface area contributed by atoms with Crippen LogP contribution in [-0.4, -0.2) is 19.0 Å². The van der Waals surface area contributed by atoms with Crippen molar-refractivity contribution in [2.24, 2.45) is 17.6 Å². The van der Waals surface area contributed by atoms with Gasteiger partial charge < -0.3 is 11.1 Å². The predicted molar refractivity (Wildman–Crippen MR) is 89.6 cm³/mol. The second kappa shape index (κ2) is 7.93. The fourth-order valence-electron chi connectivity index (χ4n) is 3.11. The molecule has 3 nitrogen and oxygen atoms in total. The first kappa shape index (κ1) is 18.9. The van der Waals surface area contributed by atoms with Crippen LogP contribution in [0.25, 0.3) is 0 Å². The van der Waals surface area contributed by atoms with Gasteiger partial charge in [-0.25, -0.2) is 4.39 Å². The van der Waals surface area contributed by atoms with E-state index in [0.717, 1.165) is 24.8 Å². The zero-order chi connectivity index (χ0) is 15.5. The molecule has 1 aliphatic rings. The van der Waals surface area contributed by atoms with Gasteiger partial charge in [-0.1, -0.05) is 32.4 Å². The van der Waals surface area contributed by atoms with Gasteiger partial charge in [0.05, 0.1) is 0 Å². The number of amides is 1. The molecule has 0 bridgehead atoms. The van der Waals surface area contributed by atoms with Crippen molar-refractivity contribution in [1.29, 1.82) is 0 Å². The van der Waals surface area contributed by atoms with E-state index in [1.165, 1.54) is 12.1 Å². The van der Waals surface area contributed by atoms with E-state index in [0.29, 0.717) is 19.0 Å². The van der Waals surface area contributed by atoms with Crippen LogP contribution in [0.3, 0.4) is 0 Å². The van der Waals surface area contributed by atoms with Crippen LogP contribution < -0.4 is 11.1 Å². The molecule has 1 aromatic carbocycles. The topological polar surface area (TPSA) is 55.1 Å². The van der Waals surface area contributed by atoms with E-state index in [1.807, 2.05) is 19.9 Å². The maximum absolute atomic E-state index is 13.3. The van der Waals surface area contributed by atoms with Crippen molar-refractivity contribution < 1.29 is 9.18 Å². The Kier molecular flexibility index (Phi) is 6.82. The summed E-state index contributed by atoms with van der Waals surface area (Å²) in [6, 6.07) is 6.57. The largest absolute Gasteiger partial charge is 0.355 e. The highest BCUT2D eigenvalue weighted by molar-refractivity contribution is 5.85. The zero-order valence-electron chi connectivity index (χ0n) is 13.3. The van der Waals surface area contributed by atoms with Crippen LogP contribution >= 0.6 is 12.4 Å². The average Bonchev–Trinajstić information content (AvgIpc) is 2.93. The number of rotatable bonds is 5. The van der Waals surface area contributed by atoms with Gasteiger partial charge >= 0.3 is 0 Å². The molecule has 22 heavy (non-hydrogen) atoms. The summed E-state index contributed by atoms with van der Waals surface area (Å²) in [5, 5.41) is 3.03. The molecule has 0 radical (unpaired) electrons. The second-order valence-corrected chi connectivity index (χ2v) is 6.65. The minimum absolute atomic E-state index is 0. The van der Waals surface area contributed by atoms with Gasteiger partial charge in [-0.3, -0.25) is 4.79 Å². The van der Waals surface area contributed by atoms with Gasteiger partial charge in [0.1, 0.15) is 5.82 Å². The lowest BCUT2D eigenvalue weighted by molar-refractivity contribution is -0.126. The average molecular weight is 329 g/mol. The maximum atomic E-state index is 13.3. The Labute approximate surface area is 138 Å². The molecule has 124 valence electrons. The van der Waals surface area contributed by atoms with E-state index in [-0.39, 0.29) is 35.5 Å². The van der Waals surface area contributed by atoms with Gasteiger partial charge in [0.15, 0.2) is 0 Å². The molecule has 0 aromatic heterocycles. The molecule has 1 saturated carbocycles. The van der Waals surface area contributed by atoms with Crippen molar-refractivity contribution >= 4 is 18.3 Å². The second-order valence-electron chi connectivity index (χ2n) is 6.65. The lowest BCUT2D eigenvalue weighted by atomic mass is 9.84. The third kappa shape index (κ3) is 4.43. The smallest absolute Gasteiger partial charge is 0.223 e. The van der Waals surface area contributed by atoms with Crippen LogP contribution in [0.2, 0.25) is 0 Å². The van der Waals surface area contributed by atoms with Crippen LogP contribution in [0.4, 0.5) is 4.39 Å². The fourth-order valence-corrected chi connectivity index (χ4v) is 3.11. The van der Waals surface area contributed by atoms with Gasteiger partial charge in [0.2, 0.25) is 5.91 Å². The SMILES string of the molecule is CC(C)(CNC(=O)[C@@H]1CCC[C@@H]1CN)c1cccc(F)c1.Cl. The summed E-state index contributed by atoms with van der Waals surface area (Å²) in [5.41, 5.74) is 6.33. The van der Waals surface area contributed by atoms with Crippen molar-refractivity contribution in [3.63, 3.8) is 0 Å². The molecule has 2 atom stereocenters. The third-order valence-corrected chi connectivity index (χ3v) is 4.61. The van der Waals surface area contributed by atoms with Crippen LogP contribution in [0.15, 0.2) is 24.3 Å². The number of halogens is 2. The normalized spacial score (nSPS) is 21.3. The van der Waals surface area contributed by atoms with E-state index in [9.17, 15) is 9.18 Å². The Balaban J connectivity index is 0.00000242. The van der Waals surface area contributed by atoms with E-state index in [4.69, 9.17) is 5.73 Å². The first-order valence-electron chi connectivity index (χ1n) is 7.68. The number of benzene rings is 1. The Morgan fingerprint density at radius 2 is 2.14 bits per heavy atom. The minimum Gasteiger partial charge on any atom is -0.355 e. The standard InChI is InChI=1S/C17H25FN2O.ClH/c1-17(2,13-6-4-7-14(18)9-13)11-20-16(21)15-8-3-5-12(15)10-19;/h4,6-7,9,12,15H,3,5,8,10-11,19H2,1-2H3,(H,20,21);1H/t12-,15-;/m1./s1. The predicted octanol–water partition coefficient (Wildman–Crippen LogP) is 3.02. The molecule has 3 N–H and O–H groups in total. The summed E-state index contributed by atoms with van der Waals surface area (Å²) < 4.78 is 13.3. The highest BCUT2D eigenvalue weighted by Crippen LogP contribution is 2.31. The van der Waals surface area contributed by atoms with Crippen molar-refractivity contribution in [2.75, 3.05) is 13.1 Å². The summed E-state index contributed by atoms with van der Waals surface area (Å²) in [4.78, 5) is 12.3. The number of carbonyl (C=O) groups is 1. The van der Waals surface area contributed by atoms with Crippen molar-refractivity contribution in [1.82, 2.24) is 5.32 Å². The van der Waals surface area contributed by atoms with Crippen molar-refractivity contribution in [3.8, 4) is 0 Å². The maximum Gasteiger partial charge on any atom is 0.223 e. The van der Waals surface area contributed by atoms with Gasteiger partial charge in [-0.2, -0.15) is 0 Å². The number of hydrogen-bond donors (Lipinski definition) is 2. The summed E-state index contributed by atoms with van der Waals surface area (Å²) >= 11 is 0. The first-order valence-corrected chi connectivity index (χ1v) is 7.68. The molecule has 5 heteroatoms. The van der Waals surface area contributed by atoms with Gasteiger partial charge in [-0.05, 0) is 43.0 Å². The molecule has 0 heterocycles. The fraction of sp³-hybridized carbons (Fsp3) is 0.588. The molecule has 1 aromatic rings. The van der Waals surface area contributed by atoms with Crippen molar-refractivity contribution in [2.45, 2.75) is 38.5 Å². The first-order chi connectivity index (χ1) is 9.94. The van der Waals surface area contributed by atoms with Gasteiger partial charge in [0, 0.05) is 17.9 Å². The molecule has 1 amide bonds. The quantitative estimate of drug-likeness (QED) is 0.873. The molecule has 1 fully saturated rings. The molecule has 0 unspecified atom stereocenters. The lowest BCUT2D eigenvalue weighted by Gasteiger charge is -2.27. The molecular formula is C17H26ClFN2O. The molecule has 0 saturated heterocycles. The molecule has 0 aliphatic heterocycles. The Hall–Kier alpha value is -1.13. The van der Waals surface area contributed by atoms with E-state index in [1.54, 1.807) is 6.07 Å². The Bertz CT molecular complexity index is 507. The summed E-state index contributed by atoms with van der Waals surface area (Å²) in [6.07, 6.45) is 3.04. The van der Waals surface area contributed by atoms with Crippen molar-refractivity contribution in [3.05, 3.63) is 35.6 Å². The number of nitrogens with one attached hydrogen (secondary N) is 1. The molecule has 2 rings (SSSR count). The molecular weight excluding hydrogens is 303 g/mol. The molecule has 0 spiro atoms. The lowest BCUT2D eigenvalue weighted by Crippen LogP contribution is -2.41. The van der Waals surface area contributed by atoms with Crippen LogP contribution in [0.5, 0.6) is 0 Å². The zero-order valence-corrected chi connectivity index (χ0v) is 14.1. The summed E-state index contributed by atoms with van der Waals surface area (Å²) in [6.45, 7) is 5.10. The summed E-state index contributed by atoms with van der Waals surface area (Å²) in [5.74, 6) is 0.193. The van der Waals surface area contributed by atoms with Crippen LogP contribution in [0.1, 0.15) is 38.7 Å². The Morgan fingerprint density at radius 1 is 1.41 bits per heavy atom. The molecule has 1 aliphatic carbocycles.